The number of nitrogens with two attached hydrogens (primary N) is 1. The van der Waals surface area contributed by atoms with Gasteiger partial charge in [-0.15, -0.1) is 0 Å². The van der Waals surface area contributed by atoms with Gasteiger partial charge in [0.05, 0.1) is 5.69 Å². The monoisotopic (exact) mass is 296 g/mol. The standard InChI is InChI=1S/C15H12N4O3/c1-8-5-10(9-3-2-4-11-13(9)22-7-21-11)18-15-12(14(16)20)17-6-19(8)15/h2-6H,7H2,1H3,(H2,16,20). The van der Waals surface area contributed by atoms with Crippen LogP contribution in [0.25, 0.3) is 16.9 Å². The number of primary amides is 1. The molecule has 0 saturated carbocycles. The first kappa shape index (κ1) is 12.6. The van der Waals surface area contributed by atoms with Crippen LogP contribution < -0.4 is 15.2 Å². The lowest BCUT2D eigenvalue weighted by atomic mass is 10.1. The first-order valence-corrected chi connectivity index (χ1v) is 6.68. The SMILES string of the molecule is Cc1cc(-c2cccc3c2OCO3)nc2c(C(N)=O)ncn12. The first-order chi connectivity index (χ1) is 10.6. The van der Waals surface area contributed by atoms with Gasteiger partial charge in [-0.2, -0.15) is 0 Å². The van der Waals surface area contributed by atoms with Crippen molar-refractivity contribution < 1.29 is 14.3 Å². The Morgan fingerprint density at radius 1 is 1.36 bits per heavy atom. The topological polar surface area (TPSA) is 91.7 Å². The van der Waals surface area contributed by atoms with E-state index in [1.165, 1.54) is 6.33 Å². The van der Waals surface area contributed by atoms with Crippen LogP contribution in [0.1, 0.15) is 16.2 Å². The molecule has 22 heavy (non-hydrogen) atoms. The summed E-state index contributed by atoms with van der Waals surface area (Å²) in [5, 5.41) is 0. The van der Waals surface area contributed by atoms with E-state index in [0.717, 1.165) is 11.3 Å². The highest BCUT2D eigenvalue weighted by atomic mass is 16.7. The van der Waals surface area contributed by atoms with Crippen molar-refractivity contribution in [1.82, 2.24) is 14.4 Å². The Labute approximate surface area is 125 Å². The number of carbonyl (C=O) groups excluding carboxylic acids is 1. The molecule has 0 aliphatic carbocycles. The summed E-state index contributed by atoms with van der Waals surface area (Å²) >= 11 is 0. The number of carbonyl (C=O) groups is 1. The molecule has 4 rings (SSSR count). The first-order valence-electron chi connectivity index (χ1n) is 6.68. The predicted molar refractivity (Wildman–Crippen MR) is 77.8 cm³/mol. The van der Waals surface area contributed by atoms with Gasteiger partial charge >= 0.3 is 0 Å². The Kier molecular flexibility index (Phi) is 2.56. The van der Waals surface area contributed by atoms with Crippen LogP contribution in [0.3, 0.4) is 0 Å². The number of fused-ring (bicyclic) bond motifs is 2. The largest absolute Gasteiger partial charge is 0.454 e. The van der Waals surface area contributed by atoms with Crippen LogP contribution in [0.5, 0.6) is 11.5 Å². The van der Waals surface area contributed by atoms with Crippen LogP contribution in [0.4, 0.5) is 0 Å². The molecule has 2 N–H and O–H groups in total. The maximum absolute atomic E-state index is 11.5. The molecule has 110 valence electrons. The van der Waals surface area contributed by atoms with Gasteiger partial charge < -0.3 is 15.2 Å². The van der Waals surface area contributed by atoms with E-state index in [1.54, 1.807) is 4.40 Å². The predicted octanol–water partition coefficient (Wildman–Crippen LogP) is 1.53. The molecule has 3 heterocycles. The van der Waals surface area contributed by atoms with Gasteiger partial charge in [0.2, 0.25) is 6.79 Å². The Balaban J connectivity index is 1.98. The number of ether oxygens (including phenoxy) is 2. The fraction of sp³-hybridized carbons (Fsp3) is 0.133. The van der Waals surface area contributed by atoms with Crippen LogP contribution >= 0.6 is 0 Å². The lowest BCUT2D eigenvalue weighted by Gasteiger charge is -2.08. The van der Waals surface area contributed by atoms with E-state index in [0.29, 0.717) is 22.8 Å². The zero-order valence-electron chi connectivity index (χ0n) is 11.7. The van der Waals surface area contributed by atoms with Crippen molar-refractivity contribution in [3.05, 3.63) is 42.0 Å². The highest BCUT2D eigenvalue weighted by Crippen LogP contribution is 2.40. The number of imidazole rings is 1. The summed E-state index contributed by atoms with van der Waals surface area (Å²) in [7, 11) is 0. The van der Waals surface area contributed by atoms with Crippen molar-refractivity contribution in [2.75, 3.05) is 6.79 Å². The normalized spacial score (nSPS) is 12.8. The van der Waals surface area contributed by atoms with Crippen molar-refractivity contribution in [2.24, 2.45) is 5.73 Å². The molecule has 0 bridgehead atoms. The summed E-state index contributed by atoms with van der Waals surface area (Å²) in [6, 6.07) is 7.50. The second-order valence-electron chi connectivity index (χ2n) is 4.97. The summed E-state index contributed by atoms with van der Waals surface area (Å²) in [4.78, 5) is 20.0. The fourth-order valence-corrected chi connectivity index (χ4v) is 2.56. The summed E-state index contributed by atoms with van der Waals surface area (Å²) < 4.78 is 12.6. The molecule has 1 aromatic carbocycles. The maximum Gasteiger partial charge on any atom is 0.271 e. The van der Waals surface area contributed by atoms with E-state index in [4.69, 9.17) is 15.2 Å². The van der Waals surface area contributed by atoms with Gasteiger partial charge in [0.25, 0.3) is 5.91 Å². The molecule has 0 atom stereocenters. The van der Waals surface area contributed by atoms with Crippen LogP contribution in [0.15, 0.2) is 30.6 Å². The molecule has 0 unspecified atom stereocenters. The number of aromatic nitrogens is 3. The van der Waals surface area contributed by atoms with Gasteiger partial charge in [0.15, 0.2) is 22.8 Å². The Bertz CT molecular complexity index is 917. The second kappa shape index (κ2) is 4.45. The third kappa shape index (κ3) is 1.72. The minimum atomic E-state index is -0.607. The number of hydrogen-bond acceptors (Lipinski definition) is 5. The molecule has 0 radical (unpaired) electrons. The second-order valence-corrected chi connectivity index (χ2v) is 4.97. The minimum Gasteiger partial charge on any atom is -0.454 e. The van der Waals surface area contributed by atoms with Crippen molar-refractivity contribution in [2.45, 2.75) is 6.92 Å². The number of para-hydroxylation sites is 1. The van der Waals surface area contributed by atoms with Crippen molar-refractivity contribution in [3.63, 3.8) is 0 Å². The minimum absolute atomic E-state index is 0.148. The molecule has 7 nitrogen and oxygen atoms in total. The summed E-state index contributed by atoms with van der Waals surface area (Å²) in [6.45, 7) is 2.10. The number of hydrogen-bond donors (Lipinski definition) is 1. The average Bonchev–Trinajstić information content (AvgIpc) is 3.13. The van der Waals surface area contributed by atoms with Crippen molar-refractivity contribution in [1.29, 1.82) is 0 Å². The smallest absolute Gasteiger partial charge is 0.271 e. The zero-order chi connectivity index (χ0) is 15.3. The number of rotatable bonds is 2. The third-order valence-corrected chi connectivity index (χ3v) is 3.60. The number of benzene rings is 1. The molecular weight excluding hydrogens is 284 g/mol. The quantitative estimate of drug-likeness (QED) is 0.774. The fourth-order valence-electron chi connectivity index (χ4n) is 2.56. The van der Waals surface area contributed by atoms with Crippen LogP contribution in [0.2, 0.25) is 0 Å². The molecule has 2 aromatic heterocycles. The molecule has 0 spiro atoms. The molecule has 1 aliphatic rings. The maximum atomic E-state index is 11.5. The lowest BCUT2D eigenvalue weighted by molar-refractivity contribution is 0.0997. The third-order valence-electron chi connectivity index (χ3n) is 3.60. The summed E-state index contributed by atoms with van der Waals surface area (Å²) in [6.07, 6.45) is 1.54. The number of amides is 1. The molecule has 3 aromatic rings. The molecule has 1 aliphatic heterocycles. The molecular formula is C15H12N4O3. The molecule has 1 amide bonds. The van der Waals surface area contributed by atoms with Gasteiger partial charge in [-0.05, 0) is 25.1 Å². The van der Waals surface area contributed by atoms with Crippen molar-refractivity contribution >= 4 is 11.6 Å². The number of nitrogens with zero attached hydrogens (tertiary/aromatic N) is 3. The average molecular weight is 296 g/mol. The summed E-state index contributed by atoms with van der Waals surface area (Å²) in [5.41, 5.74) is 8.30. The highest BCUT2D eigenvalue weighted by molar-refractivity contribution is 5.97. The van der Waals surface area contributed by atoms with E-state index < -0.39 is 5.91 Å². The van der Waals surface area contributed by atoms with Gasteiger partial charge in [-0.25, -0.2) is 9.97 Å². The van der Waals surface area contributed by atoms with Gasteiger partial charge in [0.1, 0.15) is 6.33 Å². The van der Waals surface area contributed by atoms with E-state index in [-0.39, 0.29) is 12.5 Å². The molecule has 0 saturated heterocycles. The summed E-state index contributed by atoms with van der Waals surface area (Å²) in [5.74, 6) is 0.726. The lowest BCUT2D eigenvalue weighted by Crippen LogP contribution is -2.12. The number of aryl methyl sites for hydroxylation is 1. The van der Waals surface area contributed by atoms with E-state index in [9.17, 15) is 4.79 Å². The van der Waals surface area contributed by atoms with E-state index >= 15 is 0 Å². The van der Waals surface area contributed by atoms with Crippen LogP contribution in [-0.2, 0) is 0 Å². The Hall–Kier alpha value is -3.09. The molecule has 7 heteroatoms. The van der Waals surface area contributed by atoms with Gasteiger partial charge in [-0.3, -0.25) is 9.20 Å². The Morgan fingerprint density at radius 3 is 3.05 bits per heavy atom. The van der Waals surface area contributed by atoms with Gasteiger partial charge in [0, 0.05) is 11.3 Å². The zero-order valence-corrected chi connectivity index (χ0v) is 11.7. The molecule has 0 fully saturated rings. The van der Waals surface area contributed by atoms with E-state index in [2.05, 4.69) is 9.97 Å². The van der Waals surface area contributed by atoms with E-state index in [1.807, 2.05) is 31.2 Å². The highest BCUT2D eigenvalue weighted by Gasteiger charge is 2.21. The van der Waals surface area contributed by atoms with Gasteiger partial charge in [-0.1, -0.05) is 6.07 Å². The Morgan fingerprint density at radius 2 is 2.23 bits per heavy atom. The van der Waals surface area contributed by atoms with Crippen LogP contribution in [0, 0.1) is 6.92 Å². The van der Waals surface area contributed by atoms with Crippen LogP contribution in [-0.4, -0.2) is 27.1 Å². The van der Waals surface area contributed by atoms with Crippen molar-refractivity contribution in [3.8, 4) is 22.8 Å².